The second-order valence-corrected chi connectivity index (χ2v) is 5.53. The minimum atomic E-state index is -0.170. The molecule has 1 saturated heterocycles. The van der Waals surface area contributed by atoms with Crippen LogP contribution in [0.2, 0.25) is 0 Å². The molecule has 1 fully saturated rings. The van der Waals surface area contributed by atoms with Gasteiger partial charge in [-0.15, -0.1) is 0 Å². The third-order valence-electron chi connectivity index (χ3n) is 3.97. The fraction of sp³-hybridized carbons (Fsp3) is 0.588. The van der Waals surface area contributed by atoms with Gasteiger partial charge in [-0.1, -0.05) is 25.5 Å². The lowest BCUT2D eigenvalue weighted by Gasteiger charge is -2.32. The summed E-state index contributed by atoms with van der Waals surface area (Å²) in [7, 11) is 1.68. The molecule has 1 heterocycles. The first-order valence-electron chi connectivity index (χ1n) is 7.80. The maximum absolute atomic E-state index is 12.1. The molecule has 0 radical (unpaired) electrons. The van der Waals surface area contributed by atoms with Gasteiger partial charge in [0.15, 0.2) is 0 Å². The van der Waals surface area contributed by atoms with Gasteiger partial charge in [-0.3, -0.25) is 0 Å². The van der Waals surface area contributed by atoms with Crippen LogP contribution in [0.4, 0.5) is 4.79 Å². The van der Waals surface area contributed by atoms with Crippen molar-refractivity contribution in [1.82, 2.24) is 4.90 Å². The number of carbonyl (C=O) groups excluding carboxylic acids is 1. The fourth-order valence-electron chi connectivity index (χ4n) is 2.71. The second kappa shape index (κ2) is 7.91. The smallest absolute Gasteiger partial charge is 0.409 e. The fourth-order valence-corrected chi connectivity index (χ4v) is 2.71. The lowest BCUT2D eigenvalue weighted by atomic mass is 9.91. The molecule has 4 heteroatoms. The Morgan fingerprint density at radius 3 is 3.05 bits per heavy atom. The zero-order valence-corrected chi connectivity index (χ0v) is 13.0. The number of likely N-dealkylation sites (tertiary alicyclic amines) is 1. The molecule has 0 saturated carbocycles. The Kier molecular flexibility index (Phi) is 5.90. The zero-order chi connectivity index (χ0) is 15.1. The van der Waals surface area contributed by atoms with E-state index in [2.05, 4.69) is 19.1 Å². The van der Waals surface area contributed by atoms with Crippen LogP contribution < -0.4 is 4.74 Å². The number of rotatable bonds is 5. The summed E-state index contributed by atoms with van der Waals surface area (Å²) in [6.45, 7) is 4.15. The van der Waals surface area contributed by atoms with Gasteiger partial charge in [0.05, 0.1) is 13.7 Å². The highest BCUT2D eigenvalue weighted by Gasteiger charge is 2.25. The summed E-state index contributed by atoms with van der Waals surface area (Å²) in [6.07, 6.45) is 3.92. The third kappa shape index (κ3) is 4.38. The number of hydrogen-bond donors (Lipinski definition) is 0. The van der Waals surface area contributed by atoms with E-state index < -0.39 is 0 Å². The second-order valence-electron chi connectivity index (χ2n) is 5.53. The van der Waals surface area contributed by atoms with Crippen LogP contribution in [0.3, 0.4) is 0 Å². The quantitative estimate of drug-likeness (QED) is 0.774. The molecule has 21 heavy (non-hydrogen) atoms. The molecular formula is C17H25NO3. The van der Waals surface area contributed by atoms with Crippen molar-refractivity contribution in [2.24, 2.45) is 0 Å². The molecule has 1 unspecified atom stereocenters. The van der Waals surface area contributed by atoms with E-state index >= 15 is 0 Å². The average Bonchev–Trinajstić information content (AvgIpc) is 2.55. The molecule has 0 aromatic heterocycles. The number of hydrogen-bond acceptors (Lipinski definition) is 3. The molecular weight excluding hydrogens is 266 g/mol. The van der Waals surface area contributed by atoms with Crippen LogP contribution in [-0.2, 0) is 4.74 Å². The predicted octanol–water partition coefficient (Wildman–Crippen LogP) is 3.81. The van der Waals surface area contributed by atoms with Crippen molar-refractivity contribution in [3.05, 3.63) is 29.8 Å². The summed E-state index contributed by atoms with van der Waals surface area (Å²) >= 11 is 0. The summed E-state index contributed by atoms with van der Waals surface area (Å²) in [4.78, 5) is 13.9. The first-order valence-corrected chi connectivity index (χ1v) is 7.80. The topological polar surface area (TPSA) is 38.8 Å². The standard InChI is InChI=1S/C17H25NO3/c1-3-4-11-21-17(19)18-10-6-8-15(13-18)14-7-5-9-16(12-14)20-2/h5,7,9,12,15H,3-4,6,8,10-11,13H2,1-2H3. The van der Waals surface area contributed by atoms with Crippen LogP contribution in [0.25, 0.3) is 0 Å². The van der Waals surface area contributed by atoms with Crippen molar-refractivity contribution >= 4 is 6.09 Å². The van der Waals surface area contributed by atoms with Crippen LogP contribution in [0.15, 0.2) is 24.3 Å². The van der Waals surface area contributed by atoms with Crippen molar-refractivity contribution in [3.63, 3.8) is 0 Å². The molecule has 1 atom stereocenters. The number of piperidine rings is 1. The molecule has 1 aromatic carbocycles. The van der Waals surface area contributed by atoms with Crippen molar-refractivity contribution in [3.8, 4) is 5.75 Å². The highest BCUT2D eigenvalue weighted by Crippen LogP contribution is 2.29. The van der Waals surface area contributed by atoms with E-state index in [0.29, 0.717) is 12.5 Å². The van der Waals surface area contributed by atoms with Gasteiger partial charge in [0, 0.05) is 19.0 Å². The van der Waals surface area contributed by atoms with Crippen molar-refractivity contribution in [2.45, 2.75) is 38.5 Å². The predicted molar refractivity (Wildman–Crippen MR) is 82.8 cm³/mol. The first-order chi connectivity index (χ1) is 10.2. The van der Waals surface area contributed by atoms with Gasteiger partial charge < -0.3 is 14.4 Å². The highest BCUT2D eigenvalue weighted by atomic mass is 16.6. The summed E-state index contributed by atoms with van der Waals surface area (Å²) in [5.41, 5.74) is 1.24. The van der Waals surface area contributed by atoms with E-state index in [1.54, 1.807) is 7.11 Å². The Balaban J connectivity index is 1.95. The minimum absolute atomic E-state index is 0.170. The van der Waals surface area contributed by atoms with Gasteiger partial charge in [0.1, 0.15) is 5.75 Å². The number of amides is 1. The zero-order valence-electron chi connectivity index (χ0n) is 13.0. The van der Waals surface area contributed by atoms with Crippen LogP contribution in [0.1, 0.15) is 44.1 Å². The Labute approximate surface area is 127 Å². The normalized spacial score (nSPS) is 18.4. The number of carbonyl (C=O) groups is 1. The number of methoxy groups -OCH3 is 1. The van der Waals surface area contributed by atoms with Crippen molar-refractivity contribution in [1.29, 1.82) is 0 Å². The molecule has 1 aliphatic heterocycles. The van der Waals surface area contributed by atoms with Gasteiger partial charge in [-0.05, 0) is 37.0 Å². The summed E-state index contributed by atoms with van der Waals surface area (Å²) in [6, 6.07) is 8.13. The van der Waals surface area contributed by atoms with E-state index in [4.69, 9.17) is 9.47 Å². The number of ether oxygens (including phenoxy) is 2. The average molecular weight is 291 g/mol. The van der Waals surface area contributed by atoms with Gasteiger partial charge in [0.25, 0.3) is 0 Å². The lowest BCUT2D eigenvalue weighted by molar-refractivity contribution is 0.0904. The van der Waals surface area contributed by atoms with E-state index in [-0.39, 0.29) is 6.09 Å². The maximum Gasteiger partial charge on any atom is 0.409 e. The molecule has 116 valence electrons. The SMILES string of the molecule is CCCCOC(=O)N1CCCC(c2cccc(OC)c2)C1. The molecule has 0 bridgehead atoms. The minimum Gasteiger partial charge on any atom is -0.497 e. The van der Waals surface area contributed by atoms with E-state index in [1.807, 2.05) is 17.0 Å². The molecule has 0 N–H and O–H groups in total. The van der Waals surface area contributed by atoms with Gasteiger partial charge in [-0.2, -0.15) is 0 Å². The van der Waals surface area contributed by atoms with Crippen molar-refractivity contribution < 1.29 is 14.3 Å². The third-order valence-corrected chi connectivity index (χ3v) is 3.97. The Morgan fingerprint density at radius 2 is 2.29 bits per heavy atom. The van der Waals surface area contributed by atoms with Crippen LogP contribution in [0.5, 0.6) is 5.75 Å². The molecule has 0 aliphatic carbocycles. The number of nitrogens with zero attached hydrogens (tertiary/aromatic N) is 1. The van der Waals surface area contributed by atoms with Gasteiger partial charge in [-0.25, -0.2) is 4.79 Å². The van der Waals surface area contributed by atoms with E-state index in [9.17, 15) is 4.79 Å². The largest absolute Gasteiger partial charge is 0.497 e. The Bertz CT molecular complexity index is 461. The molecule has 1 amide bonds. The summed E-state index contributed by atoms with van der Waals surface area (Å²) in [5, 5.41) is 0. The van der Waals surface area contributed by atoms with Gasteiger partial charge >= 0.3 is 6.09 Å². The van der Waals surface area contributed by atoms with Gasteiger partial charge in [0.2, 0.25) is 0 Å². The molecule has 4 nitrogen and oxygen atoms in total. The number of unbranched alkanes of at least 4 members (excludes halogenated alkanes) is 1. The van der Waals surface area contributed by atoms with Crippen LogP contribution >= 0.6 is 0 Å². The number of benzene rings is 1. The summed E-state index contributed by atoms with van der Waals surface area (Å²) in [5.74, 6) is 1.24. The van der Waals surface area contributed by atoms with Crippen molar-refractivity contribution in [2.75, 3.05) is 26.8 Å². The molecule has 1 aliphatic rings. The van der Waals surface area contributed by atoms with E-state index in [1.165, 1.54) is 5.56 Å². The molecule has 1 aromatic rings. The first kappa shape index (κ1) is 15.7. The Hall–Kier alpha value is -1.71. The Morgan fingerprint density at radius 1 is 1.43 bits per heavy atom. The highest BCUT2D eigenvalue weighted by molar-refractivity contribution is 5.67. The summed E-state index contributed by atoms with van der Waals surface area (Å²) < 4.78 is 10.6. The molecule has 2 rings (SSSR count). The van der Waals surface area contributed by atoms with E-state index in [0.717, 1.165) is 44.5 Å². The maximum atomic E-state index is 12.1. The van der Waals surface area contributed by atoms with Crippen LogP contribution in [-0.4, -0.2) is 37.8 Å². The lowest BCUT2D eigenvalue weighted by Crippen LogP contribution is -2.39. The monoisotopic (exact) mass is 291 g/mol. The van der Waals surface area contributed by atoms with Crippen LogP contribution in [0, 0.1) is 0 Å². The molecule has 0 spiro atoms.